The number of hydrogen-bond acceptors (Lipinski definition) is 3. The van der Waals surface area contributed by atoms with Gasteiger partial charge in [-0.25, -0.2) is 8.78 Å². The van der Waals surface area contributed by atoms with E-state index in [0.717, 1.165) is 25.1 Å². The summed E-state index contributed by atoms with van der Waals surface area (Å²) in [5, 5.41) is 2.42. The molecule has 2 rings (SSSR count). The smallest absolute Gasteiger partial charge is 0.238 e. The number of carbonyl (C=O) groups excluding carboxylic acids is 1. The lowest BCUT2D eigenvalue weighted by Crippen LogP contribution is -2.33. The topological polar surface area (TPSA) is 58.4 Å². The lowest BCUT2D eigenvalue weighted by atomic mass is 10.3. The van der Waals surface area contributed by atoms with E-state index in [1.165, 1.54) is 6.07 Å². The highest BCUT2D eigenvalue weighted by Gasteiger charge is 2.21. The third kappa shape index (κ3) is 3.24. The van der Waals surface area contributed by atoms with Crippen molar-refractivity contribution in [2.45, 2.75) is 12.5 Å². The number of nitrogens with two attached hydrogens (primary N) is 1. The number of amides is 1. The molecule has 0 unspecified atom stereocenters. The van der Waals surface area contributed by atoms with Gasteiger partial charge in [-0.2, -0.15) is 0 Å². The number of halogens is 2. The molecular weight excluding hydrogens is 240 g/mol. The molecule has 1 amide bonds. The second kappa shape index (κ2) is 5.41. The van der Waals surface area contributed by atoms with Crippen LogP contribution in [0.3, 0.4) is 0 Å². The van der Waals surface area contributed by atoms with E-state index < -0.39 is 11.6 Å². The maximum absolute atomic E-state index is 13.3. The summed E-state index contributed by atoms with van der Waals surface area (Å²) in [4.78, 5) is 13.6. The molecule has 0 radical (unpaired) electrons. The molecule has 18 heavy (non-hydrogen) atoms. The summed E-state index contributed by atoms with van der Waals surface area (Å²) in [6.45, 7) is 1.60. The second-order valence-electron chi connectivity index (χ2n) is 4.46. The SMILES string of the molecule is N[C@H]1CCN(CC(=O)Nc2ccc(F)cc2F)C1. The molecule has 6 heteroatoms. The van der Waals surface area contributed by atoms with Crippen LogP contribution in [-0.2, 0) is 4.79 Å². The van der Waals surface area contributed by atoms with Gasteiger partial charge in [0, 0.05) is 25.2 Å². The van der Waals surface area contributed by atoms with E-state index in [1.807, 2.05) is 4.90 Å². The third-order valence-electron chi connectivity index (χ3n) is 2.88. The summed E-state index contributed by atoms with van der Waals surface area (Å²) in [5.74, 6) is -1.77. The minimum atomic E-state index is -0.776. The van der Waals surface area contributed by atoms with Gasteiger partial charge in [-0.05, 0) is 18.6 Å². The van der Waals surface area contributed by atoms with Gasteiger partial charge in [-0.15, -0.1) is 0 Å². The Morgan fingerprint density at radius 3 is 2.89 bits per heavy atom. The number of nitrogens with one attached hydrogen (secondary N) is 1. The maximum atomic E-state index is 13.3. The minimum Gasteiger partial charge on any atom is -0.326 e. The van der Waals surface area contributed by atoms with Crippen molar-refractivity contribution in [3.63, 3.8) is 0 Å². The van der Waals surface area contributed by atoms with Gasteiger partial charge in [0.1, 0.15) is 11.6 Å². The Morgan fingerprint density at radius 1 is 1.50 bits per heavy atom. The van der Waals surface area contributed by atoms with Gasteiger partial charge in [0.2, 0.25) is 5.91 Å². The largest absolute Gasteiger partial charge is 0.326 e. The molecule has 1 saturated heterocycles. The van der Waals surface area contributed by atoms with Crippen molar-refractivity contribution in [1.82, 2.24) is 4.90 Å². The van der Waals surface area contributed by atoms with E-state index in [4.69, 9.17) is 5.73 Å². The molecule has 1 heterocycles. The summed E-state index contributed by atoms with van der Waals surface area (Å²) in [5.41, 5.74) is 5.71. The molecule has 0 spiro atoms. The quantitative estimate of drug-likeness (QED) is 0.845. The fourth-order valence-corrected chi connectivity index (χ4v) is 1.99. The van der Waals surface area contributed by atoms with Crippen LogP contribution < -0.4 is 11.1 Å². The van der Waals surface area contributed by atoms with Gasteiger partial charge in [-0.1, -0.05) is 0 Å². The number of likely N-dealkylation sites (tertiary alicyclic amines) is 1. The van der Waals surface area contributed by atoms with Crippen molar-refractivity contribution in [1.29, 1.82) is 0 Å². The Kier molecular flexibility index (Phi) is 3.88. The molecule has 3 N–H and O–H groups in total. The summed E-state index contributed by atoms with van der Waals surface area (Å²) < 4.78 is 26.0. The first-order valence-electron chi connectivity index (χ1n) is 5.77. The van der Waals surface area contributed by atoms with Crippen LogP contribution in [0, 0.1) is 11.6 Å². The van der Waals surface area contributed by atoms with Crippen molar-refractivity contribution in [3.8, 4) is 0 Å². The van der Waals surface area contributed by atoms with Crippen molar-refractivity contribution in [2.75, 3.05) is 25.0 Å². The van der Waals surface area contributed by atoms with Crippen LogP contribution in [0.1, 0.15) is 6.42 Å². The summed E-state index contributed by atoms with van der Waals surface area (Å²) >= 11 is 0. The molecule has 0 aliphatic carbocycles. The molecule has 0 saturated carbocycles. The zero-order valence-electron chi connectivity index (χ0n) is 9.83. The molecule has 1 aromatic carbocycles. The zero-order chi connectivity index (χ0) is 13.1. The van der Waals surface area contributed by atoms with Crippen molar-refractivity contribution in [3.05, 3.63) is 29.8 Å². The molecule has 1 atom stereocenters. The number of anilines is 1. The number of benzene rings is 1. The standard InChI is InChI=1S/C12H15F2N3O/c13-8-1-2-11(10(14)5-8)16-12(18)7-17-4-3-9(15)6-17/h1-2,5,9H,3-4,6-7,15H2,(H,16,18)/t9-/m0/s1. The van der Waals surface area contributed by atoms with Gasteiger partial charge >= 0.3 is 0 Å². The van der Waals surface area contributed by atoms with Crippen LogP contribution in [0.4, 0.5) is 14.5 Å². The van der Waals surface area contributed by atoms with E-state index in [2.05, 4.69) is 5.32 Å². The monoisotopic (exact) mass is 255 g/mol. The molecule has 1 aromatic rings. The Labute approximate surface area is 104 Å². The third-order valence-corrected chi connectivity index (χ3v) is 2.88. The average Bonchev–Trinajstić information content (AvgIpc) is 2.68. The first-order valence-corrected chi connectivity index (χ1v) is 5.77. The first kappa shape index (κ1) is 12.9. The Hall–Kier alpha value is -1.53. The molecule has 0 aromatic heterocycles. The maximum Gasteiger partial charge on any atom is 0.238 e. The highest BCUT2D eigenvalue weighted by atomic mass is 19.1. The lowest BCUT2D eigenvalue weighted by Gasteiger charge is -2.14. The van der Waals surface area contributed by atoms with Gasteiger partial charge in [-0.3, -0.25) is 9.69 Å². The van der Waals surface area contributed by atoms with Crippen LogP contribution in [0.15, 0.2) is 18.2 Å². The number of nitrogens with zero attached hydrogens (tertiary/aromatic N) is 1. The Morgan fingerprint density at radius 2 is 2.28 bits per heavy atom. The predicted octanol–water partition coefficient (Wildman–Crippen LogP) is 0.936. The number of hydrogen-bond donors (Lipinski definition) is 2. The van der Waals surface area contributed by atoms with Crippen molar-refractivity contribution < 1.29 is 13.6 Å². The molecule has 1 aliphatic heterocycles. The van der Waals surface area contributed by atoms with Crippen LogP contribution in [0.5, 0.6) is 0 Å². The van der Waals surface area contributed by atoms with E-state index in [0.29, 0.717) is 6.54 Å². The predicted molar refractivity (Wildman–Crippen MR) is 64.0 cm³/mol. The molecular formula is C12H15F2N3O. The van der Waals surface area contributed by atoms with Gasteiger partial charge in [0.25, 0.3) is 0 Å². The minimum absolute atomic E-state index is 0.00936. The zero-order valence-corrected chi connectivity index (χ0v) is 9.83. The van der Waals surface area contributed by atoms with Crippen molar-refractivity contribution in [2.24, 2.45) is 5.73 Å². The van der Waals surface area contributed by atoms with Crippen molar-refractivity contribution >= 4 is 11.6 Å². The molecule has 1 aliphatic rings. The van der Waals surface area contributed by atoms with Crippen LogP contribution in [-0.4, -0.2) is 36.5 Å². The first-order chi connectivity index (χ1) is 8.54. The number of carbonyl (C=O) groups is 1. The number of rotatable bonds is 3. The van der Waals surface area contributed by atoms with Crippen LogP contribution >= 0.6 is 0 Å². The lowest BCUT2D eigenvalue weighted by molar-refractivity contribution is -0.117. The van der Waals surface area contributed by atoms with Gasteiger partial charge in [0.15, 0.2) is 0 Å². The molecule has 4 nitrogen and oxygen atoms in total. The average molecular weight is 255 g/mol. The van der Waals surface area contributed by atoms with Crippen LogP contribution in [0.2, 0.25) is 0 Å². The Balaban J connectivity index is 1.91. The van der Waals surface area contributed by atoms with Gasteiger partial charge < -0.3 is 11.1 Å². The molecule has 0 bridgehead atoms. The fourth-order valence-electron chi connectivity index (χ4n) is 1.99. The molecule has 98 valence electrons. The summed E-state index contributed by atoms with van der Waals surface area (Å²) in [6, 6.07) is 3.14. The van der Waals surface area contributed by atoms with E-state index in [1.54, 1.807) is 0 Å². The highest BCUT2D eigenvalue weighted by molar-refractivity contribution is 5.92. The second-order valence-corrected chi connectivity index (χ2v) is 4.46. The van der Waals surface area contributed by atoms with E-state index in [9.17, 15) is 13.6 Å². The Bertz CT molecular complexity index is 453. The molecule has 1 fully saturated rings. The van der Waals surface area contributed by atoms with Crippen LogP contribution in [0.25, 0.3) is 0 Å². The van der Waals surface area contributed by atoms with E-state index >= 15 is 0 Å². The van der Waals surface area contributed by atoms with E-state index in [-0.39, 0.29) is 24.2 Å². The summed E-state index contributed by atoms with van der Waals surface area (Å²) in [7, 11) is 0. The van der Waals surface area contributed by atoms with Gasteiger partial charge in [0.05, 0.1) is 12.2 Å². The normalized spacial score (nSPS) is 20.1. The fraction of sp³-hybridized carbons (Fsp3) is 0.417. The summed E-state index contributed by atoms with van der Waals surface area (Å²) in [6.07, 6.45) is 0.859. The highest BCUT2D eigenvalue weighted by Crippen LogP contribution is 2.15.